The summed E-state index contributed by atoms with van der Waals surface area (Å²) in [4.78, 5) is 13.9. The summed E-state index contributed by atoms with van der Waals surface area (Å²) >= 11 is -0.238. The van der Waals surface area contributed by atoms with E-state index in [-0.39, 0.29) is 29.7 Å². The SMILES string of the molecule is [N-]=[N+]=NCCNC(C(N)=O)c1ccc(SC(F)(F)F)cc1. The smallest absolute Gasteiger partial charge is 0.368 e. The van der Waals surface area contributed by atoms with Gasteiger partial charge in [-0.2, -0.15) is 13.2 Å². The summed E-state index contributed by atoms with van der Waals surface area (Å²) in [5.41, 5.74) is 9.44. The van der Waals surface area contributed by atoms with Crippen LogP contribution in [0.5, 0.6) is 0 Å². The van der Waals surface area contributed by atoms with Crippen LogP contribution in [0.25, 0.3) is 10.4 Å². The van der Waals surface area contributed by atoms with Gasteiger partial charge in [-0.05, 0) is 35.0 Å². The highest BCUT2D eigenvalue weighted by molar-refractivity contribution is 8.00. The van der Waals surface area contributed by atoms with Gasteiger partial charge in [-0.1, -0.05) is 17.2 Å². The maximum absolute atomic E-state index is 12.2. The highest BCUT2D eigenvalue weighted by Crippen LogP contribution is 2.36. The first kappa shape index (κ1) is 17.2. The van der Waals surface area contributed by atoms with Gasteiger partial charge in [0, 0.05) is 22.9 Å². The summed E-state index contributed by atoms with van der Waals surface area (Å²) in [5, 5.41) is 6.06. The zero-order valence-electron chi connectivity index (χ0n) is 10.7. The second-order valence-electron chi connectivity index (χ2n) is 3.86. The second kappa shape index (κ2) is 7.77. The van der Waals surface area contributed by atoms with Crippen molar-refractivity contribution in [2.24, 2.45) is 10.8 Å². The zero-order chi connectivity index (χ0) is 15.9. The molecule has 1 unspecified atom stereocenters. The number of carbonyl (C=O) groups is 1. The third-order valence-electron chi connectivity index (χ3n) is 2.36. The number of rotatable bonds is 7. The molecule has 0 spiro atoms. The van der Waals surface area contributed by atoms with Crippen LogP contribution in [0.1, 0.15) is 11.6 Å². The topological polar surface area (TPSA) is 104 Å². The third kappa shape index (κ3) is 6.39. The Morgan fingerprint density at radius 3 is 2.52 bits per heavy atom. The minimum atomic E-state index is -4.36. The van der Waals surface area contributed by atoms with Gasteiger partial charge < -0.3 is 11.1 Å². The number of benzene rings is 1. The summed E-state index contributed by atoms with van der Waals surface area (Å²) in [7, 11) is 0. The number of alkyl halides is 3. The van der Waals surface area contributed by atoms with Gasteiger partial charge in [0.05, 0.1) is 0 Å². The van der Waals surface area contributed by atoms with Crippen molar-refractivity contribution in [2.75, 3.05) is 13.1 Å². The molecular formula is C11H12F3N5OS. The Hall–Kier alpha value is -1.90. The summed E-state index contributed by atoms with van der Waals surface area (Å²) in [6.07, 6.45) is 0. The van der Waals surface area contributed by atoms with Crippen molar-refractivity contribution in [3.63, 3.8) is 0 Å². The summed E-state index contributed by atoms with van der Waals surface area (Å²) in [6.45, 7) is 0.346. The van der Waals surface area contributed by atoms with Gasteiger partial charge in [-0.3, -0.25) is 4.79 Å². The van der Waals surface area contributed by atoms with Crippen molar-refractivity contribution >= 4 is 17.7 Å². The van der Waals surface area contributed by atoms with Crippen LogP contribution in [-0.4, -0.2) is 24.5 Å². The van der Waals surface area contributed by atoms with Gasteiger partial charge in [0.15, 0.2) is 0 Å². The molecule has 21 heavy (non-hydrogen) atoms. The lowest BCUT2D eigenvalue weighted by Gasteiger charge is -2.15. The van der Waals surface area contributed by atoms with Gasteiger partial charge in [0.25, 0.3) is 0 Å². The lowest BCUT2D eigenvalue weighted by molar-refractivity contribution is -0.120. The average molecular weight is 319 g/mol. The van der Waals surface area contributed by atoms with E-state index in [2.05, 4.69) is 15.3 Å². The molecule has 0 aliphatic carbocycles. The molecule has 114 valence electrons. The Morgan fingerprint density at radius 2 is 2.05 bits per heavy atom. The number of amides is 1. The zero-order valence-corrected chi connectivity index (χ0v) is 11.5. The van der Waals surface area contributed by atoms with Crippen molar-refractivity contribution in [1.82, 2.24) is 5.32 Å². The average Bonchev–Trinajstić information content (AvgIpc) is 2.38. The van der Waals surface area contributed by atoms with Crippen LogP contribution in [0.2, 0.25) is 0 Å². The lowest BCUT2D eigenvalue weighted by Crippen LogP contribution is -2.34. The molecule has 1 aromatic carbocycles. The molecule has 3 N–H and O–H groups in total. The molecule has 0 saturated heterocycles. The van der Waals surface area contributed by atoms with E-state index in [9.17, 15) is 18.0 Å². The molecule has 0 fully saturated rings. The minimum absolute atomic E-state index is 0.0172. The predicted octanol–water partition coefficient (Wildman–Crippen LogP) is 2.72. The normalized spacial score (nSPS) is 12.5. The Morgan fingerprint density at radius 1 is 1.43 bits per heavy atom. The molecule has 1 aromatic rings. The molecule has 10 heteroatoms. The maximum Gasteiger partial charge on any atom is 0.446 e. The Bertz CT molecular complexity index is 528. The van der Waals surface area contributed by atoms with Crippen molar-refractivity contribution in [3.8, 4) is 0 Å². The number of nitrogens with one attached hydrogen (secondary N) is 1. The van der Waals surface area contributed by atoms with Gasteiger partial charge in [-0.25, -0.2) is 0 Å². The first-order valence-corrected chi connectivity index (χ1v) is 6.54. The van der Waals surface area contributed by atoms with Crippen LogP contribution in [0, 0.1) is 0 Å². The number of hydrogen-bond donors (Lipinski definition) is 2. The second-order valence-corrected chi connectivity index (χ2v) is 5.00. The number of primary amides is 1. The number of thioether (sulfide) groups is 1. The largest absolute Gasteiger partial charge is 0.446 e. The molecule has 0 aliphatic heterocycles. The van der Waals surface area contributed by atoms with Crippen LogP contribution < -0.4 is 11.1 Å². The van der Waals surface area contributed by atoms with E-state index >= 15 is 0 Å². The highest BCUT2D eigenvalue weighted by Gasteiger charge is 2.29. The third-order valence-corrected chi connectivity index (χ3v) is 3.09. The maximum atomic E-state index is 12.2. The summed E-state index contributed by atoms with van der Waals surface area (Å²) in [5.74, 6) is -0.674. The van der Waals surface area contributed by atoms with Gasteiger partial charge in [0.2, 0.25) is 5.91 Å². The van der Waals surface area contributed by atoms with Crippen LogP contribution in [0.15, 0.2) is 34.3 Å². The van der Waals surface area contributed by atoms with Gasteiger partial charge >= 0.3 is 5.51 Å². The molecule has 0 heterocycles. The molecular weight excluding hydrogens is 307 g/mol. The molecule has 0 aromatic heterocycles. The Kier molecular flexibility index (Phi) is 6.35. The van der Waals surface area contributed by atoms with E-state index in [4.69, 9.17) is 11.3 Å². The molecule has 1 amide bonds. The van der Waals surface area contributed by atoms with Crippen molar-refractivity contribution in [3.05, 3.63) is 40.3 Å². The van der Waals surface area contributed by atoms with Crippen LogP contribution in [0.3, 0.4) is 0 Å². The van der Waals surface area contributed by atoms with Crippen LogP contribution in [0.4, 0.5) is 13.2 Å². The number of hydrogen-bond acceptors (Lipinski definition) is 4. The lowest BCUT2D eigenvalue weighted by atomic mass is 10.1. The fourth-order valence-corrected chi connectivity index (χ4v) is 2.09. The summed E-state index contributed by atoms with van der Waals surface area (Å²) in [6, 6.07) is 4.45. The molecule has 0 saturated carbocycles. The number of nitrogens with zero attached hydrogens (tertiary/aromatic N) is 3. The molecule has 0 bridgehead atoms. The predicted molar refractivity (Wildman–Crippen MR) is 72.3 cm³/mol. The number of azide groups is 1. The molecule has 1 rings (SSSR count). The van der Waals surface area contributed by atoms with E-state index < -0.39 is 17.5 Å². The monoisotopic (exact) mass is 319 g/mol. The van der Waals surface area contributed by atoms with E-state index in [0.717, 1.165) is 0 Å². The Labute approximate surface area is 122 Å². The van der Waals surface area contributed by atoms with E-state index in [1.807, 2.05) is 0 Å². The fourth-order valence-electron chi connectivity index (χ4n) is 1.55. The standard InChI is InChI=1S/C11H12F3N5OS/c12-11(13,14)21-8-3-1-7(2-4-8)9(10(15)20)17-5-6-18-19-16/h1-4,9,17H,5-6H2,(H2,15,20). The number of carbonyl (C=O) groups excluding carboxylic acids is 1. The van der Waals surface area contributed by atoms with Crippen LogP contribution >= 0.6 is 11.8 Å². The molecule has 6 nitrogen and oxygen atoms in total. The summed E-state index contributed by atoms with van der Waals surface area (Å²) < 4.78 is 36.6. The van der Waals surface area contributed by atoms with Crippen molar-refractivity contribution in [1.29, 1.82) is 0 Å². The molecule has 0 aliphatic rings. The quantitative estimate of drug-likeness (QED) is 0.265. The first-order chi connectivity index (χ1) is 9.83. The van der Waals surface area contributed by atoms with Crippen molar-refractivity contribution < 1.29 is 18.0 Å². The van der Waals surface area contributed by atoms with E-state index in [1.165, 1.54) is 24.3 Å². The van der Waals surface area contributed by atoms with Crippen molar-refractivity contribution in [2.45, 2.75) is 16.4 Å². The number of halogens is 3. The minimum Gasteiger partial charge on any atom is -0.368 e. The number of nitrogens with two attached hydrogens (primary N) is 1. The van der Waals surface area contributed by atoms with Crippen LogP contribution in [-0.2, 0) is 4.79 Å². The molecule has 0 radical (unpaired) electrons. The van der Waals surface area contributed by atoms with Gasteiger partial charge in [0.1, 0.15) is 6.04 Å². The Balaban J connectivity index is 2.75. The van der Waals surface area contributed by atoms with Gasteiger partial charge in [-0.15, -0.1) is 0 Å². The first-order valence-electron chi connectivity index (χ1n) is 5.73. The van der Waals surface area contributed by atoms with E-state index in [1.54, 1.807) is 0 Å². The van der Waals surface area contributed by atoms with E-state index in [0.29, 0.717) is 5.56 Å². The molecule has 1 atom stereocenters. The fraction of sp³-hybridized carbons (Fsp3) is 0.364. The highest BCUT2D eigenvalue weighted by atomic mass is 32.2.